The Bertz CT molecular complexity index is 868. The molecule has 6 nitrogen and oxygen atoms in total. The zero-order valence-corrected chi connectivity index (χ0v) is 17.9. The summed E-state index contributed by atoms with van der Waals surface area (Å²) in [7, 11) is 1.73. The van der Waals surface area contributed by atoms with Gasteiger partial charge in [0.05, 0.1) is 5.69 Å². The largest absolute Gasteiger partial charge is 0.444 e. The molecular formula is C20H23FIN5O. The monoisotopic (exact) mass is 495 g/mol. The summed E-state index contributed by atoms with van der Waals surface area (Å²) >= 11 is 0. The number of halogens is 2. The molecule has 0 aliphatic heterocycles. The van der Waals surface area contributed by atoms with E-state index in [9.17, 15) is 4.39 Å². The number of guanidine groups is 1. The summed E-state index contributed by atoms with van der Waals surface area (Å²) in [5, 5.41) is 6.51. The lowest BCUT2D eigenvalue weighted by Crippen LogP contribution is -2.39. The molecule has 148 valence electrons. The van der Waals surface area contributed by atoms with Gasteiger partial charge in [-0.3, -0.25) is 9.98 Å². The molecule has 1 aromatic carbocycles. The van der Waals surface area contributed by atoms with Gasteiger partial charge in [-0.2, -0.15) is 0 Å². The number of aliphatic imine (C=N–C) groups is 1. The SMILES string of the molecule is CN=C(NCCc1ccccn1)NCCc1coc(-c2ccc(F)cc2)n1.I. The predicted molar refractivity (Wildman–Crippen MR) is 118 cm³/mol. The minimum Gasteiger partial charge on any atom is -0.444 e. The van der Waals surface area contributed by atoms with E-state index in [-0.39, 0.29) is 29.8 Å². The highest BCUT2D eigenvalue weighted by molar-refractivity contribution is 14.0. The van der Waals surface area contributed by atoms with Gasteiger partial charge < -0.3 is 15.1 Å². The average molecular weight is 495 g/mol. The fraction of sp³-hybridized carbons (Fsp3) is 0.250. The second kappa shape index (κ2) is 11.4. The maximum absolute atomic E-state index is 13.0. The minimum absolute atomic E-state index is 0. The lowest BCUT2D eigenvalue weighted by atomic mass is 10.2. The van der Waals surface area contributed by atoms with Crippen molar-refractivity contribution in [3.63, 3.8) is 0 Å². The Morgan fingerprint density at radius 2 is 1.75 bits per heavy atom. The molecule has 3 rings (SSSR count). The lowest BCUT2D eigenvalue weighted by molar-refractivity contribution is 0.571. The van der Waals surface area contributed by atoms with Crippen LogP contribution in [0.15, 0.2) is 64.3 Å². The van der Waals surface area contributed by atoms with Crippen LogP contribution in [-0.4, -0.2) is 36.1 Å². The highest BCUT2D eigenvalue weighted by atomic mass is 127. The van der Waals surface area contributed by atoms with Crippen molar-refractivity contribution in [3.8, 4) is 11.5 Å². The Morgan fingerprint density at radius 3 is 2.39 bits per heavy atom. The number of benzene rings is 1. The number of nitrogens with one attached hydrogen (secondary N) is 2. The maximum atomic E-state index is 13.0. The molecule has 0 unspecified atom stereocenters. The van der Waals surface area contributed by atoms with Gasteiger partial charge in [0.1, 0.15) is 12.1 Å². The predicted octanol–water partition coefficient (Wildman–Crippen LogP) is 3.44. The normalized spacial score (nSPS) is 11.0. The first kappa shape index (κ1) is 21.8. The van der Waals surface area contributed by atoms with Gasteiger partial charge in [0.25, 0.3) is 0 Å². The molecule has 0 aliphatic rings. The summed E-state index contributed by atoms with van der Waals surface area (Å²) in [6.45, 7) is 1.41. The molecule has 0 atom stereocenters. The van der Waals surface area contributed by atoms with Crippen molar-refractivity contribution in [3.05, 3.63) is 72.1 Å². The van der Waals surface area contributed by atoms with Crippen LogP contribution in [0.2, 0.25) is 0 Å². The van der Waals surface area contributed by atoms with Gasteiger partial charge in [0.2, 0.25) is 5.89 Å². The van der Waals surface area contributed by atoms with Gasteiger partial charge in [-0.05, 0) is 36.4 Å². The highest BCUT2D eigenvalue weighted by Gasteiger charge is 2.07. The van der Waals surface area contributed by atoms with Crippen LogP contribution in [-0.2, 0) is 12.8 Å². The summed E-state index contributed by atoms with van der Waals surface area (Å²) in [6.07, 6.45) is 4.93. The molecule has 0 spiro atoms. The Balaban J connectivity index is 0.00000280. The van der Waals surface area contributed by atoms with Gasteiger partial charge in [-0.1, -0.05) is 6.07 Å². The van der Waals surface area contributed by atoms with E-state index in [1.165, 1.54) is 12.1 Å². The molecule has 28 heavy (non-hydrogen) atoms. The van der Waals surface area contributed by atoms with Crippen LogP contribution in [0.3, 0.4) is 0 Å². The number of hydrogen-bond donors (Lipinski definition) is 2. The molecule has 0 fully saturated rings. The zero-order chi connectivity index (χ0) is 18.9. The minimum atomic E-state index is -0.281. The highest BCUT2D eigenvalue weighted by Crippen LogP contribution is 2.18. The van der Waals surface area contributed by atoms with Crippen molar-refractivity contribution >= 4 is 29.9 Å². The van der Waals surface area contributed by atoms with Gasteiger partial charge in [0, 0.05) is 50.4 Å². The molecule has 2 heterocycles. The third-order valence-corrected chi connectivity index (χ3v) is 3.94. The number of aromatic nitrogens is 2. The lowest BCUT2D eigenvalue weighted by Gasteiger charge is -2.11. The third-order valence-electron chi connectivity index (χ3n) is 3.94. The Morgan fingerprint density at radius 1 is 1.04 bits per heavy atom. The van der Waals surface area contributed by atoms with E-state index < -0.39 is 0 Å². The van der Waals surface area contributed by atoms with Crippen LogP contribution in [0, 0.1) is 5.82 Å². The summed E-state index contributed by atoms with van der Waals surface area (Å²) in [5.74, 6) is 0.938. The number of pyridine rings is 1. The molecular weight excluding hydrogens is 472 g/mol. The van der Waals surface area contributed by atoms with E-state index in [1.807, 2.05) is 18.2 Å². The van der Waals surface area contributed by atoms with Gasteiger partial charge in [-0.15, -0.1) is 24.0 Å². The summed E-state index contributed by atoms with van der Waals surface area (Å²) in [6, 6.07) is 12.0. The maximum Gasteiger partial charge on any atom is 0.226 e. The molecule has 0 bridgehead atoms. The van der Waals surface area contributed by atoms with Gasteiger partial charge >= 0.3 is 0 Å². The third kappa shape index (κ3) is 6.59. The first-order chi connectivity index (χ1) is 13.2. The summed E-state index contributed by atoms with van der Waals surface area (Å²) in [5.41, 5.74) is 2.62. The van der Waals surface area contributed by atoms with Crippen LogP contribution < -0.4 is 10.6 Å². The van der Waals surface area contributed by atoms with E-state index >= 15 is 0 Å². The van der Waals surface area contributed by atoms with E-state index in [4.69, 9.17) is 4.42 Å². The van der Waals surface area contributed by atoms with E-state index in [0.717, 1.165) is 35.9 Å². The van der Waals surface area contributed by atoms with Crippen molar-refractivity contribution in [2.75, 3.05) is 20.1 Å². The Kier molecular flexibility index (Phi) is 8.86. The molecule has 0 saturated heterocycles. The van der Waals surface area contributed by atoms with E-state index in [0.29, 0.717) is 18.9 Å². The number of oxazole rings is 1. The fourth-order valence-electron chi connectivity index (χ4n) is 2.53. The summed E-state index contributed by atoms with van der Waals surface area (Å²) in [4.78, 5) is 12.9. The van der Waals surface area contributed by atoms with Crippen LogP contribution in [0.25, 0.3) is 11.5 Å². The molecule has 2 N–H and O–H groups in total. The van der Waals surface area contributed by atoms with Gasteiger partial charge in [-0.25, -0.2) is 9.37 Å². The smallest absolute Gasteiger partial charge is 0.226 e. The van der Waals surface area contributed by atoms with Crippen LogP contribution in [0.1, 0.15) is 11.4 Å². The molecule has 0 radical (unpaired) electrons. The quantitative estimate of drug-likeness (QED) is 0.299. The number of nitrogens with zero attached hydrogens (tertiary/aromatic N) is 3. The summed E-state index contributed by atoms with van der Waals surface area (Å²) < 4.78 is 18.5. The molecule has 2 aromatic heterocycles. The van der Waals surface area contributed by atoms with Crippen LogP contribution in [0.4, 0.5) is 4.39 Å². The molecule has 0 aliphatic carbocycles. The zero-order valence-electron chi connectivity index (χ0n) is 15.6. The van der Waals surface area contributed by atoms with Crippen LogP contribution in [0.5, 0.6) is 0 Å². The van der Waals surface area contributed by atoms with Crippen molar-refractivity contribution in [1.82, 2.24) is 20.6 Å². The number of rotatable bonds is 7. The molecule has 0 amide bonds. The van der Waals surface area contributed by atoms with Crippen molar-refractivity contribution in [1.29, 1.82) is 0 Å². The first-order valence-corrected chi connectivity index (χ1v) is 8.79. The Hall–Kier alpha value is -2.49. The van der Waals surface area contributed by atoms with E-state index in [1.54, 1.807) is 31.6 Å². The molecule has 3 aromatic rings. The number of hydrogen-bond acceptors (Lipinski definition) is 4. The van der Waals surface area contributed by atoms with Crippen molar-refractivity contribution in [2.24, 2.45) is 4.99 Å². The Labute approximate surface area is 180 Å². The average Bonchev–Trinajstić information content (AvgIpc) is 3.17. The molecule has 8 heteroatoms. The van der Waals surface area contributed by atoms with Crippen LogP contribution >= 0.6 is 24.0 Å². The van der Waals surface area contributed by atoms with Gasteiger partial charge in [0.15, 0.2) is 5.96 Å². The topological polar surface area (TPSA) is 75.3 Å². The fourth-order valence-corrected chi connectivity index (χ4v) is 2.53. The first-order valence-electron chi connectivity index (χ1n) is 8.79. The second-order valence-electron chi connectivity index (χ2n) is 5.90. The standard InChI is InChI=1S/C20H22FN5O.HI/c1-22-20(24-12-9-17-4-2-3-11-23-17)25-13-10-18-14-27-19(26-18)15-5-7-16(21)8-6-15;/h2-8,11,14H,9-10,12-13H2,1H3,(H2,22,24,25);1H. The van der Waals surface area contributed by atoms with E-state index in [2.05, 4.69) is 25.6 Å². The van der Waals surface area contributed by atoms with Crippen molar-refractivity contribution in [2.45, 2.75) is 12.8 Å². The second-order valence-corrected chi connectivity index (χ2v) is 5.90. The molecule has 0 saturated carbocycles. The van der Waals surface area contributed by atoms with Crippen molar-refractivity contribution < 1.29 is 8.81 Å².